The summed E-state index contributed by atoms with van der Waals surface area (Å²) in [5, 5.41) is 0. The highest BCUT2D eigenvalue weighted by atomic mass is 16.5. The summed E-state index contributed by atoms with van der Waals surface area (Å²) in [6.45, 7) is 3.87. The molecule has 1 aromatic rings. The largest absolute Gasteiger partial charge is 0.383 e. The molecular weight excluding hydrogens is 346 g/mol. The molecule has 7 nitrogen and oxygen atoms in total. The van der Waals surface area contributed by atoms with E-state index in [1.165, 1.54) is 0 Å². The molecule has 2 unspecified atom stereocenters. The van der Waals surface area contributed by atoms with Crippen LogP contribution in [0.15, 0.2) is 30.5 Å². The Bertz CT molecular complexity index is 795. The highest BCUT2D eigenvalue weighted by molar-refractivity contribution is 5.93. The third kappa shape index (κ3) is 2.85. The molecule has 4 atom stereocenters. The van der Waals surface area contributed by atoms with Crippen LogP contribution in [-0.4, -0.2) is 72.2 Å². The van der Waals surface area contributed by atoms with Gasteiger partial charge in [0.05, 0.1) is 43.3 Å². The van der Waals surface area contributed by atoms with Gasteiger partial charge in [-0.05, 0) is 18.6 Å². The third-order valence-corrected chi connectivity index (χ3v) is 5.91. The van der Waals surface area contributed by atoms with Gasteiger partial charge in [-0.15, -0.1) is 0 Å². The van der Waals surface area contributed by atoms with Gasteiger partial charge >= 0.3 is 0 Å². The van der Waals surface area contributed by atoms with Crippen LogP contribution in [0.25, 0.3) is 0 Å². The molecule has 0 saturated carbocycles. The Labute approximate surface area is 158 Å². The summed E-state index contributed by atoms with van der Waals surface area (Å²) in [5.74, 6) is -1.02. The fourth-order valence-electron chi connectivity index (χ4n) is 4.49. The van der Waals surface area contributed by atoms with Gasteiger partial charge in [0.1, 0.15) is 5.60 Å². The number of amides is 2. The first kappa shape index (κ1) is 18.1. The number of hydrogen-bond donors (Lipinski definition) is 0. The first-order valence-electron chi connectivity index (χ1n) is 9.27. The molecule has 3 aliphatic rings. The fraction of sp³-hybridized carbons (Fsp3) is 0.550. The van der Waals surface area contributed by atoms with Crippen molar-refractivity contribution in [2.45, 2.75) is 25.2 Å². The lowest BCUT2D eigenvalue weighted by Gasteiger charge is -2.28. The smallest absolute Gasteiger partial charge is 0.230 e. The quantitative estimate of drug-likeness (QED) is 0.691. The van der Waals surface area contributed by atoms with E-state index in [-0.39, 0.29) is 17.9 Å². The zero-order valence-electron chi connectivity index (χ0n) is 15.9. The third-order valence-electron chi connectivity index (χ3n) is 5.91. The second-order valence-corrected chi connectivity index (χ2v) is 7.61. The monoisotopic (exact) mass is 371 g/mol. The van der Waals surface area contributed by atoms with Gasteiger partial charge < -0.3 is 19.3 Å². The molecule has 1 aromatic heterocycles. The summed E-state index contributed by atoms with van der Waals surface area (Å²) < 4.78 is 11.3. The van der Waals surface area contributed by atoms with Crippen LogP contribution in [0.3, 0.4) is 0 Å². The van der Waals surface area contributed by atoms with Crippen molar-refractivity contribution in [2.24, 2.45) is 11.8 Å². The number of aryl methyl sites for hydroxylation is 1. The molecule has 2 bridgehead atoms. The van der Waals surface area contributed by atoms with E-state index in [0.29, 0.717) is 26.2 Å². The van der Waals surface area contributed by atoms with E-state index in [1.807, 2.05) is 31.2 Å². The predicted octanol–water partition coefficient (Wildman–Crippen LogP) is 0.777. The summed E-state index contributed by atoms with van der Waals surface area (Å²) in [6.07, 6.45) is 5.31. The number of rotatable bonds is 6. The SMILES string of the molecule is COCCN1C[C@@]23C=C[C@@H](O2)C(C(=O)N(C)Cc2ncccc2C)C3C1=O. The van der Waals surface area contributed by atoms with Crippen LogP contribution in [0, 0.1) is 18.8 Å². The van der Waals surface area contributed by atoms with E-state index in [4.69, 9.17) is 9.47 Å². The van der Waals surface area contributed by atoms with Crippen molar-refractivity contribution in [2.75, 3.05) is 33.9 Å². The summed E-state index contributed by atoms with van der Waals surface area (Å²) in [7, 11) is 3.38. The lowest BCUT2D eigenvalue weighted by molar-refractivity contribution is -0.142. The minimum atomic E-state index is -0.669. The van der Waals surface area contributed by atoms with E-state index in [9.17, 15) is 9.59 Å². The van der Waals surface area contributed by atoms with Gasteiger partial charge in [-0.1, -0.05) is 18.2 Å². The van der Waals surface area contributed by atoms with Crippen LogP contribution in [0.1, 0.15) is 11.3 Å². The minimum absolute atomic E-state index is 0.0142. The average molecular weight is 371 g/mol. The summed E-state index contributed by atoms with van der Waals surface area (Å²) >= 11 is 0. The Balaban J connectivity index is 1.53. The number of nitrogens with zero attached hydrogens (tertiary/aromatic N) is 3. The Hall–Kier alpha value is -2.25. The van der Waals surface area contributed by atoms with Crippen LogP contribution in [0.4, 0.5) is 0 Å². The van der Waals surface area contributed by atoms with Gasteiger partial charge in [0.2, 0.25) is 11.8 Å². The normalized spacial score (nSPS) is 30.9. The maximum atomic E-state index is 13.2. The van der Waals surface area contributed by atoms with Gasteiger partial charge in [0.15, 0.2) is 0 Å². The van der Waals surface area contributed by atoms with Crippen molar-refractivity contribution < 1.29 is 19.1 Å². The number of fused-ring (bicyclic) bond motifs is 1. The standard InChI is InChI=1S/C20H25N3O4/c1-13-5-4-8-21-14(13)11-22(2)18(24)16-15-6-7-20(27-15)12-23(9-10-26-3)19(25)17(16)20/h4-8,15-17H,9-12H2,1-3H3/t15-,16?,17?,20-/m1/s1. The van der Waals surface area contributed by atoms with Crippen LogP contribution in [0.5, 0.6) is 0 Å². The first-order valence-corrected chi connectivity index (χ1v) is 9.27. The number of ether oxygens (including phenoxy) is 2. The maximum Gasteiger partial charge on any atom is 0.230 e. The van der Waals surface area contributed by atoms with Crippen molar-refractivity contribution in [3.05, 3.63) is 41.7 Å². The van der Waals surface area contributed by atoms with E-state index >= 15 is 0 Å². The highest BCUT2D eigenvalue weighted by Crippen LogP contribution is 2.52. The second-order valence-electron chi connectivity index (χ2n) is 7.61. The predicted molar refractivity (Wildman–Crippen MR) is 97.6 cm³/mol. The lowest BCUT2D eigenvalue weighted by atomic mass is 9.76. The molecule has 3 aliphatic heterocycles. The van der Waals surface area contributed by atoms with Gasteiger partial charge in [-0.2, -0.15) is 0 Å². The zero-order chi connectivity index (χ0) is 19.2. The van der Waals surface area contributed by atoms with Gasteiger partial charge in [-0.3, -0.25) is 14.6 Å². The Morgan fingerprint density at radius 2 is 2.33 bits per heavy atom. The Morgan fingerprint density at radius 3 is 3.07 bits per heavy atom. The average Bonchev–Trinajstić information content (AvgIpc) is 3.29. The Morgan fingerprint density at radius 1 is 1.52 bits per heavy atom. The molecular formula is C20H25N3O4. The molecule has 7 heteroatoms. The van der Waals surface area contributed by atoms with Crippen molar-refractivity contribution >= 4 is 11.8 Å². The molecule has 2 fully saturated rings. The second kappa shape index (κ2) is 6.73. The molecule has 1 spiro atoms. The van der Waals surface area contributed by atoms with E-state index in [1.54, 1.807) is 30.2 Å². The molecule has 0 aromatic carbocycles. The fourth-order valence-corrected chi connectivity index (χ4v) is 4.49. The molecule has 4 heterocycles. The van der Waals surface area contributed by atoms with Crippen molar-refractivity contribution in [3.63, 3.8) is 0 Å². The van der Waals surface area contributed by atoms with E-state index in [0.717, 1.165) is 11.3 Å². The first-order chi connectivity index (χ1) is 13.0. The number of methoxy groups -OCH3 is 1. The van der Waals surface area contributed by atoms with Crippen LogP contribution in [0.2, 0.25) is 0 Å². The number of hydrogen-bond acceptors (Lipinski definition) is 5. The number of likely N-dealkylation sites (tertiary alicyclic amines) is 1. The van der Waals surface area contributed by atoms with Crippen molar-refractivity contribution in [1.29, 1.82) is 0 Å². The van der Waals surface area contributed by atoms with Crippen molar-refractivity contribution in [1.82, 2.24) is 14.8 Å². The van der Waals surface area contributed by atoms with Crippen molar-refractivity contribution in [3.8, 4) is 0 Å². The highest BCUT2D eigenvalue weighted by Gasteiger charge is 2.66. The zero-order valence-corrected chi connectivity index (χ0v) is 15.9. The molecule has 2 amide bonds. The lowest BCUT2D eigenvalue weighted by Crippen LogP contribution is -2.44. The van der Waals surface area contributed by atoms with Crippen LogP contribution in [-0.2, 0) is 25.6 Å². The number of aromatic nitrogens is 1. The number of carbonyl (C=O) groups is 2. The molecule has 2 saturated heterocycles. The number of pyridine rings is 1. The molecule has 0 aliphatic carbocycles. The van der Waals surface area contributed by atoms with E-state index < -0.39 is 17.4 Å². The molecule has 4 rings (SSSR count). The summed E-state index contributed by atoms with van der Waals surface area (Å²) in [6, 6.07) is 3.86. The molecule has 0 N–H and O–H groups in total. The minimum Gasteiger partial charge on any atom is -0.383 e. The Kier molecular flexibility index (Phi) is 4.52. The van der Waals surface area contributed by atoms with Crippen LogP contribution < -0.4 is 0 Å². The van der Waals surface area contributed by atoms with Gasteiger partial charge in [0, 0.05) is 26.9 Å². The van der Waals surface area contributed by atoms with Gasteiger partial charge in [-0.25, -0.2) is 0 Å². The molecule has 27 heavy (non-hydrogen) atoms. The summed E-state index contributed by atoms with van der Waals surface area (Å²) in [5.41, 5.74) is 1.24. The van der Waals surface area contributed by atoms with Crippen LogP contribution >= 0.6 is 0 Å². The number of carbonyl (C=O) groups excluding carboxylic acids is 2. The molecule has 144 valence electrons. The van der Waals surface area contributed by atoms with E-state index in [2.05, 4.69) is 4.98 Å². The summed E-state index contributed by atoms with van der Waals surface area (Å²) in [4.78, 5) is 34.0. The maximum absolute atomic E-state index is 13.2. The topological polar surface area (TPSA) is 72.0 Å². The molecule has 0 radical (unpaired) electrons. The van der Waals surface area contributed by atoms with Gasteiger partial charge in [0.25, 0.3) is 0 Å².